The molecule has 0 spiro atoms. The van der Waals surface area contributed by atoms with E-state index in [4.69, 9.17) is 4.74 Å². The van der Waals surface area contributed by atoms with Gasteiger partial charge in [0.1, 0.15) is 6.10 Å². The Hall–Kier alpha value is -2.67. The molecule has 1 fully saturated rings. The van der Waals surface area contributed by atoms with Crippen LogP contribution in [0.25, 0.3) is 0 Å². The molecule has 2 amide bonds. The third kappa shape index (κ3) is 4.67. The third-order valence-electron chi connectivity index (χ3n) is 4.04. The maximum absolute atomic E-state index is 12.4. The molecule has 1 aromatic carbocycles. The van der Waals surface area contributed by atoms with Gasteiger partial charge in [0.05, 0.1) is 6.33 Å². The van der Waals surface area contributed by atoms with Crippen molar-refractivity contribution in [2.24, 2.45) is 0 Å². The van der Waals surface area contributed by atoms with Gasteiger partial charge in [-0.2, -0.15) is 0 Å². The van der Waals surface area contributed by atoms with Crippen LogP contribution in [0.1, 0.15) is 30.1 Å². The monoisotopic (exact) mass is 342 g/mol. The first kappa shape index (κ1) is 17.2. The van der Waals surface area contributed by atoms with E-state index in [1.807, 2.05) is 17.7 Å². The molecule has 2 aromatic rings. The van der Waals surface area contributed by atoms with E-state index >= 15 is 0 Å². The third-order valence-corrected chi connectivity index (χ3v) is 4.04. The lowest BCUT2D eigenvalue weighted by Gasteiger charge is -2.15. The summed E-state index contributed by atoms with van der Waals surface area (Å²) in [5.41, 5.74) is 1.10. The summed E-state index contributed by atoms with van der Waals surface area (Å²) in [6.45, 7) is 3.19. The van der Waals surface area contributed by atoms with E-state index in [0.29, 0.717) is 24.4 Å². The van der Waals surface area contributed by atoms with E-state index in [9.17, 15) is 9.59 Å². The van der Waals surface area contributed by atoms with Crippen LogP contribution in [0.15, 0.2) is 43.0 Å². The number of imidazole rings is 1. The van der Waals surface area contributed by atoms with Gasteiger partial charge in [-0.15, -0.1) is 0 Å². The Balaban J connectivity index is 1.58. The molecule has 1 aliphatic rings. The van der Waals surface area contributed by atoms with Gasteiger partial charge in [-0.1, -0.05) is 6.07 Å². The highest BCUT2D eigenvalue weighted by Gasteiger charge is 2.23. The molecule has 7 nitrogen and oxygen atoms in total. The number of hydrogen-bond acceptors (Lipinski definition) is 4. The van der Waals surface area contributed by atoms with Gasteiger partial charge in [0.15, 0.2) is 0 Å². The average molecular weight is 342 g/mol. The van der Waals surface area contributed by atoms with E-state index < -0.39 is 6.10 Å². The highest BCUT2D eigenvalue weighted by molar-refractivity contribution is 5.98. The van der Waals surface area contributed by atoms with Crippen molar-refractivity contribution < 1.29 is 14.3 Å². The van der Waals surface area contributed by atoms with Gasteiger partial charge >= 0.3 is 0 Å². The summed E-state index contributed by atoms with van der Waals surface area (Å²) in [4.78, 5) is 28.5. The molecular weight excluding hydrogens is 320 g/mol. The van der Waals surface area contributed by atoms with Crippen molar-refractivity contribution in [3.05, 3.63) is 48.5 Å². The smallest absolute Gasteiger partial charge is 0.253 e. The molecule has 1 aliphatic heterocycles. The van der Waals surface area contributed by atoms with Crippen molar-refractivity contribution in [3.63, 3.8) is 0 Å². The van der Waals surface area contributed by atoms with Gasteiger partial charge in [-0.05, 0) is 38.0 Å². The Labute approximate surface area is 146 Å². The van der Waals surface area contributed by atoms with Gasteiger partial charge < -0.3 is 19.9 Å². The second-order valence-electron chi connectivity index (χ2n) is 6.21. The number of rotatable bonds is 6. The molecular formula is C18H22N4O3. The Morgan fingerprint density at radius 3 is 3.04 bits per heavy atom. The Bertz CT molecular complexity index is 724. The van der Waals surface area contributed by atoms with Gasteiger partial charge in [0, 0.05) is 42.8 Å². The SMILES string of the molecule is C[C@@H](Cn1ccnc1)NC(=O)c1cccc(NC(=O)[C@@H]2CCCO2)c1. The molecule has 2 heterocycles. The van der Waals surface area contributed by atoms with Crippen LogP contribution in [-0.4, -0.2) is 40.1 Å². The maximum atomic E-state index is 12.4. The first-order valence-electron chi connectivity index (χ1n) is 8.41. The van der Waals surface area contributed by atoms with E-state index in [0.717, 1.165) is 12.8 Å². The Morgan fingerprint density at radius 2 is 2.32 bits per heavy atom. The van der Waals surface area contributed by atoms with Crippen LogP contribution in [0.2, 0.25) is 0 Å². The Morgan fingerprint density at radius 1 is 1.44 bits per heavy atom. The lowest BCUT2D eigenvalue weighted by Crippen LogP contribution is -2.35. The summed E-state index contributed by atoms with van der Waals surface area (Å²) in [6, 6.07) is 6.86. The maximum Gasteiger partial charge on any atom is 0.253 e. The molecule has 2 N–H and O–H groups in total. The van der Waals surface area contributed by atoms with Crippen LogP contribution < -0.4 is 10.6 Å². The van der Waals surface area contributed by atoms with Crippen LogP contribution in [0.3, 0.4) is 0 Å². The lowest BCUT2D eigenvalue weighted by molar-refractivity contribution is -0.124. The number of aromatic nitrogens is 2. The molecule has 2 atom stereocenters. The molecule has 0 saturated carbocycles. The quantitative estimate of drug-likeness (QED) is 0.838. The molecule has 7 heteroatoms. The normalized spacial score (nSPS) is 17.9. The zero-order valence-electron chi connectivity index (χ0n) is 14.1. The highest BCUT2D eigenvalue weighted by atomic mass is 16.5. The fourth-order valence-corrected chi connectivity index (χ4v) is 2.81. The molecule has 0 aliphatic carbocycles. The minimum absolute atomic E-state index is 0.0492. The van der Waals surface area contributed by atoms with Gasteiger partial charge in [-0.25, -0.2) is 4.98 Å². The highest BCUT2D eigenvalue weighted by Crippen LogP contribution is 2.16. The molecule has 132 valence electrons. The molecule has 0 bridgehead atoms. The van der Waals surface area contributed by atoms with E-state index in [1.54, 1.807) is 36.8 Å². The first-order valence-corrected chi connectivity index (χ1v) is 8.41. The number of carbonyl (C=O) groups excluding carboxylic acids is 2. The van der Waals surface area contributed by atoms with E-state index in [1.165, 1.54) is 0 Å². The van der Waals surface area contributed by atoms with Crippen LogP contribution in [0, 0.1) is 0 Å². The minimum atomic E-state index is -0.396. The van der Waals surface area contributed by atoms with Crippen LogP contribution >= 0.6 is 0 Å². The summed E-state index contributed by atoms with van der Waals surface area (Å²) in [6.07, 6.45) is 6.50. The fourth-order valence-electron chi connectivity index (χ4n) is 2.81. The summed E-state index contributed by atoms with van der Waals surface area (Å²) in [7, 11) is 0. The number of hydrogen-bond donors (Lipinski definition) is 2. The number of anilines is 1. The average Bonchev–Trinajstić information content (AvgIpc) is 3.28. The Kier molecular flexibility index (Phi) is 5.45. The van der Waals surface area contributed by atoms with Crippen LogP contribution in [-0.2, 0) is 16.1 Å². The summed E-state index contributed by atoms with van der Waals surface area (Å²) in [5.74, 6) is -0.343. The molecule has 25 heavy (non-hydrogen) atoms. The topological polar surface area (TPSA) is 85.3 Å². The number of benzene rings is 1. The minimum Gasteiger partial charge on any atom is -0.368 e. The van der Waals surface area contributed by atoms with Crippen LogP contribution in [0.4, 0.5) is 5.69 Å². The van der Waals surface area contributed by atoms with E-state index in [2.05, 4.69) is 15.6 Å². The van der Waals surface area contributed by atoms with Crippen molar-refractivity contribution in [3.8, 4) is 0 Å². The van der Waals surface area contributed by atoms with Crippen molar-refractivity contribution in [2.45, 2.75) is 38.5 Å². The molecule has 1 saturated heterocycles. The largest absolute Gasteiger partial charge is 0.368 e. The number of amides is 2. The predicted octanol–water partition coefficient (Wildman–Crippen LogP) is 1.82. The summed E-state index contributed by atoms with van der Waals surface area (Å²) in [5, 5.41) is 5.76. The second kappa shape index (κ2) is 7.94. The van der Waals surface area contributed by atoms with Gasteiger partial charge in [0.2, 0.25) is 0 Å². The van der Waals surface area contributed by atoms with Gasteiger partial charge in [-0.3, -0.25) is 9.59 Å². The molecule has 0 unspecified atom stereocenters. The zero-order valence-corrected chi connectivity index (χ0v) is 14.1. The van der Waals surface area contributed by atoms with Gasteiger partial charge in [0.25, 0.3) is 11.8 Å². The standard InChI is InChI=1S/C18H22N4O3/c1-13(11-22-8-7-19-12-22)20-17(23)14-4-2-5-15(10-14)21-18(24)16-6-3-9-25-16/h2,4-5,7-8,10,12-13,16H,3,6,9,11H2,1H3,(H,20,23)(H,21,24)/t13-,16-/m0/s1. The summed E-state index contributed by atoms with van der Waals surface area (Å²) < 4.78 is 7.27. The molecule has 1 aromatic heterocycles. The number of nitrogens with zero attached hydrogens (tertiary/aromatic N) is 2. The molecule has 0 radical (unpaired) electrons. The zero-order chi connectivity index (χ0) is 17.6. The number of nitrogens with one attached hydrogen (secondary N) is 2. The van der Waals surface area contributed by atoms with Crippen molar-refractivity contribution in [1.82, 2.24) is 14.9 Å². The molecule has 3 rings (SSSR count). The van der Waals surface area contributed by atoms with Crippen molar-refractivity contribution in [2.75, 3.05) is 11.9 Å². The predicted molar refractivity (Wildman–Crippen MR) is 93.2 cm³/mol. The van der Waals surface area contributed by atoms with Crippen molar-refractivity contribution in [1.29, 1.82) is 0 Å². The number of carbonyl (C=O) groups is 2. The van der Waals surface area contributed by atoms with Crippen LogP contribution in [0.5, 0.6) is 0 Å². The summed E-state index contributed by atoms with van der Waals surface area (Å²) >= 11 is 0. The lowest BCUT2D eigenvalue weighted by atomic mass is 10.1. The fraction of sp³-hybridized carbons (Fsp3) is 0.389. The van der Waals surface area contributed by atoms with Crippen molar-refractivity contribution >= 4 is 17.5 Å². The second-order valence-corrected chi connectivity index (χ2v) is 6.21. The number of ether oxygens (including phenoxy) is 1. The van der Waals surface area contributed by atoms with E-state index in [-0.39, 0.29) is 17.9 Å². The first-order chi connectivity index (χ1) is 12.1.